The Balaban J connectivity index is 0.000000186. The zero-order valence-electron chi connectivity index (χ0n) is 17.4. The molecule has 0 saturated heterocycles. The Labute approximate surface area is 187 Å². The average molecular weight is 518 g/mol. The van der Waals surface area contributed by atoms with Crippen molar-refractivity contribution < 1.29 is 8.98 Å². The Kier molecular flexibility index (Phi) is 11.9. The first-order chi connectivity index (χ1) is 13.8. The molecule has 2 saturated carbocycles. The predicted octanol–water partition coefficient (Wildman–Crippen LogP) is 6.68. The molecule has 1 amide bonds. The second-order valence-electron chi connectivity index (χ2n) is 7.84. The second kappa shape index (κ2) is 13.9. The van der Waals surface area contributed by atoms with Crippen molar-refractivity contribution >= 4 is 36.3 Å². The van der Waals surface area contributed by atoms with Crippen LogP contribution in [0.1, 0.15) is 76.3 Å². The van der Waals surface area contributed by atoms with Crippen LogP contribution in [0, 0.1) is 11.8 Å². The number of hydrogen-bond acceptors (Lipinski definition) is 3. The van der Waals surface area contributed by atoms with Crippen LogP contribution in [0.4, 0.5) is 0 Å². The van der Waals surface area contributed by atoms with Crippen LogP contribution in [-0.2, 0) is 21.8 Å². The van der Waals surface area contributed by atoms with Crippen molar-refractivity contribution in [1.82, 2.24) is 5.32 Å². The lowest BCUT2D eigenvalue weighted by Gasteiger charge is -2.25. The van der Waals surface area contributed by atoms with Crippen molar-refractivity contribution in [1.29, 1.82) is 0 Å². The second-order valence-corrected chi connectivity index (χ2v) is 9.28. The quantitative estimate of drug-likeness (QED) is 0.350. The summed E-state index contributed by atoms with van der Waals surface area (Å²) >= 11 is 2.18. The molecule has 158 valence electrons. The van der Waals surface area contributed by atoms with Crippen molar-refractivity contribution in [3.63, 3.8) is 0 Å². The van der Waals surface area contributed by atoms with Gasteiger partial charge in [-0.15, -0.1) is 0 Å². The largest absolute Gasteiger partial charge is 0.353 e. The average Bonchev–Trinajstić information content (AvgIpc) is 3.20. The number of nitrogens with one attached hydrogen (secondary N) is 1. The number of aryl methyl sites for hydroxylation is 1. The standard InChI is InChI=1S/C11H13IOS.C10H17NO.C2H6/c12-14-13-8-9-5-6-10-3-1-2-4-11(10)7-9;12-10(8-4-3-5-8)11-9-6-1-2-7-9;1-2/h1-4,9H,5-8H2;8-9H,1-7H2,(H,11,12);1-2H3. The molecule has 3 aliphatic rings. The summed E-state index contributed by atoms with van der Waals surface area (Å²) in [6.07, 6.45) is 12.2. The lowest BCUT2D eigenvalue weighted by atomic mass is 9.84. The summed E-state index contributed by atoms with van der Waals surface area (Å²) in [5.74, 6) is 1.41. The maximum Gasteiger partial charge on any atom is 0.223 e. The zero-order chi connectivity index (χ0) is 20.2. The maximum absolute atomic E-state index is 11.5. The molecule has 0 heterocycles. The highest BCUT2D eigenvalue weighted by Crippen LogP contribution is 2.28. The van der Waals surface area contributed by atoms with E-state index < -0.39 is 0 Å². The number of halogens is 1. The summed E-state index contributed by atoms with van der Waals surface area (Å²) in [7, 11) is 1.45. The molecular formula is C23H36INO2S. The fourth-order valence-electron chi connectivity index (χ4n) is 4.10. The monoisotopic (exact) mass is 517 g/mol. The minimum Gasteiger partial charge on any atom is -0.353 e. The number of rotatable bonds is 5. The third-order valence-electron chi connectivity index (χ3n) is 5.97. The van der Waals surface area contributed by atoms with E-state index in [0.717, 1.165) is 19.4 Å². The first-order valence-corrected chi connectivity index (χ1v) is 14.3. The molecular weight excluding hydrogens is 481 g/mol. The topological polar surface area (TPSA) is 38.3 Å². The molecule has 0 radical (unpaired) electrons. The first kappa shape index (κ1) is 24.0. The van der Waals surface area contributed by atoms with Crippen LogP contribution in [-0.4, -0.2) is 18.6 Å². The summed E-state index contributed by atoms with van der Waals surface area (Å²) in [6.45, 7) is 4.89. The van der Waals surface area contributed by atoms with Crippen LogP contribution in [0.15, 0.2) is 24.3 Å². The number of carbonyl (C=O) groups excluding carboxylic acids is 1. The van der Waals surface area contributed by atoms with Crippen molar-refractivity contribution in [3.8, 4) is 0 Å². The van der Waals surface area contributed by atoms with E-state index in [1.165, 1.54) is 71.7 Å². The molecule has 5 heteroatoms. The summed E-state index contributed by atoms with van der Waals surface area (Å²) in [4.78, 5) is 11.5. The van der Waals surface area contributed by atoms with Crippen LogP contribution >= 0.6 is 30.4 Å². The lowest BCUT2D eigenvalue weighted by molar-refractivity contribution is -0.128. The summed E-state index contributed by atoms with van der Waals surface area (Å²) in [5, 5.41) is 3.14. The molecule has 1 aromatic carbocycles. The molecule has 1 atom stereocenters. The van der Waals surface area contributed by atoms with E-state index in [1.807, 2.05) is 13.8 Å². The van der Waals surface area contributed by atoms with E-state index in [9.17, 15) is 4.79 Å². The molecule has 28 heavy (non-hydrogen) atoms. The van der Waals surface area contributed by atoms with Gasteiger partial charge in [-0.2, -0.15) is 0 Å². The number of carbonyl (C=O) groups is 1. The van der Waals surface area contributed by atoms with Crippen molar-refractivity contribution in [2.24, 2.45) is 11.8 Å². The molecule has 1 aromatic rings. The Morgan fingerprint density at radius 3 is 2.36 bits per heavy atom. The van der Waals surface area contributed by atoms with Gasteiger partial charge >= 0.3 is 0 Å². The zero-order valence-corrected chi connectivity index (χ0v) is 20.4. The Morgan fingerprint density at radius 1 is 1.07 bits per heavy atom. The number of amides is 1. The Hall–Kier alpha value is -0.270. The van der Waals surface area contributed by atoms with Gasteiger partial charge in [-0.25, -0.2) is 0 Å². The van der Waals surface area contributed by atoms with E-state index in [2.05, 4.69) is 50.8 Å². The predicted molar refractivity (Wildman–Crippen MR) is 129 cm³/mol. The molecule has 0 aromatic heterocycles. The number of fused-ring (bicyclic) bond motifs is 1. The minimum absolute atomic E-state index is 0.327. The molecule has 1 unspecified atom stereocenters. The van der Waals surface area contributed by atoms with Gasteiger partial charge in [0.1, 0.15) is 0 Å². The molecule has 0 bridgehead atoms. The highest BCUT2D eigenvalue weighted by Gasteiger charge is 2.27. The van der Waals surface area contributed by atoms with Gasteiger partial charge in [0.2, 0.25) is 5.91 Å². The van der Waals surface area contributed by atoms with Crippen molar-refractivity contribution in [3.05, 3.63) is 35.4 Å². The number of benzene rings is 1. The van der Waals surface area contributed by atoms with E-state index in [-0.39, 0.29) is 0 Å². The van der Waals surface area contributed by atoms with E-state index in [0.29, 0.717) is 23.8 Å². The van der Waals surface area contributed by atoms with E-state index in [1.54, 1.807) is 0 Å². The summed E-state index contributed by atoms with van der Waals surface area (Å²) in [6, 6.07) is 9.28. The van der Waals surface area contributed by atoms with E-state index in [4.69, 9.17) is 4.18 Å². The van der Waals surface area contributed by atoms with Gasteiger partial charge in [-0.3, -0.25) is 4.79 Å². The molecule has 3 aliphatic carbocycles. The SMILES string of the molecule is CC.ISOCC1CCc2ccccc2C1.O=C(NC1CCCC1)C1CCC1. The third kappa shape index (κ3) is 7.86. The minimum atomic E-state index is 0.327. The Morgan fingerprint density at radius 2 is 1.75 bits per heavy atom. The molecule has 3 nitrogen and oxygen atoms in total. The van der Waals surface area contributed by atoms with Crippen molar-refractivity contribution in [2.45, 2.75) is 84.1 Å². The summed E-state index contributed by atoms with van der Waals surface area (Å²) < 4.78 is 5.39. The molecule has 1 N–H and O–H groups in total. The van der Waals surface area contributed by atoms with Gasteiger partial charge in [0.05, 0.1) is 15.8 Å². The van der Waals surface area contributed by atoms with Gasteiger partial charge in [0, 0.05) is 33.2 Å². The summed E-state index contributed by atoms with van der Waals surface area (Å²) in [5.41, 5.74) is 3.05. The third-order valence-corrected chi connectivity index (χ3v) is 6.96. The highest BCUT2D eigenvalue weighted by molar-refractivity contribution is 14.2. The van der Waals surface area contributed by atoms with Gasteiger partial charge in [-0.05, 0) is 62.0 Å². The molecule has 0 aliphatic heterocycles. The molecule has 4 rings (SSSR count). The molecule has 2 fully saturated rings. The Bertz CT molecular complexity index is 573. The highest BCUT2D eigenvalue weighted by atomic mass is 127. The van der Waals surface area contributed by atoms with Crippen LogP contribution in [0.2, 0.25) is 0 Å². The molecule has 0 spiro atoms. The van der Waals surface area contributed by atoms with Gasteiger partial charge < -0.3 is 9.50 Å². The first-order valence-electron chi connectivity index (χ1n) is 11.0. The van der Waals surface area contributed by atoms with Crippen molar-refractivity contribution in [2.75, 3.05) is 6.61 Å². The number of hydrogen-bond donors (Lipinski definition) is 1. The normalized spacial score (nSPS) is 21.3. The fraction of sp³-hybridized carbons (Fsp3) is 0.696. The van der Waals surface area contributed by atoms with Gasteiger partial charge in [0.15, 0.2) is 0 Å². The van der Waals surface area contributed by atoms with Crippen LogP contribution in [0.25, 0.3) is 0 Å². The van der Waals surface area contributed by atoms with Crippen LogP contribution in [0.5, 0.6) is 0 Å². The van der Waals surface area contributed by atoms with Crippen LogP contribution < -0.4 is 5.32 Å². The van der Waals surface area contributed by atoms with Gasteiger partial charge in [0.25, 0.3) is 0 Å². The van der Waals surface area contributed by atoms with E-state index >= 15 is 0 Å². The smallest absolute Gasteiger partial charge is 0.223 e. The fourth-order valence-corrected chi connectivity index (χ4v) is 4.78. The van der Waals surface area contributed by atoms with Crippen LogP contribution in [0.3, 0.4) is 0 Å². The van der Waals surface area contributed by atoms with Gasteiger partial charge in [-0.1, -0.05) is 57.4 Å². The maximum atomic E-state index is 11.5. The lowest BCUT2D eigenvalue weighted by Crippen LogP contribution is -2.39.